The fraction of sp³-hybridized carbons (Fsp3) is 0.381. The molecule has 0 unspecified atom stereocenters. The Balaban J connectivity index is 2.12. The molecular weight excluding hydrogens is 356 g/mol. The van der Waals surface area contributed by atoms with E-state index in [4.69, 9.17) is 10.1 Å². The third kappa shape index (κ3) is 2.74. The molecular formula is C21H24N4OS. The van der Waals surface area contributed by atoms with Gasteiger partial charge in [0.25, 0.3) is 5.56 Å². The zero-order chi connectivity index (χ0) is 19.3. The monoisotopic (exact) mass is 380 g/mol. The third-order valence-electron chi connectivity index (χ3n) is 5.06. The van der Waals surface area contributed by atoms with E-state index in [1.807, 2.05) is 22.9 Å². The van der Waals surface area contributed by atoms with Crippen LogP contribution in [0.4, 0.5) is 0 Å². The van der Waals surface area contributed by atoms with Gasteiger partial charge in [0.05, 0.1) is 17.3 Å². The van der Waals surface area contributed by atoms with Gasteiger partial charge >= 0.3 is 0 Å². The molecule has 0 amide bonds. The van der Waals surface area contributed by atoms with Gasteiger partial charge < -0.3 is 0 Å². The quantitative estimate of drug-likeness (QED) is 0.501. The second kappa shape index (κ2) is 6.37. The van der Waals surface area contributed by atoms with Gasteiger partial charge in [-0.2, -0.15) is 0 Å². The van der Waals surface area contributed by atoms with Crippen LogP contribution in [0.15, 0.2) is 46.9 Å². The van der Waals surface area contributed by atoms with Gasteiger partial charge in [0, 0.05) is 16.7 Å². The van der Waals surface area contributed by atoms with Crippen molar-refractivity contribution in [2.45, 2.75) is 50.7 Å². The van der Waals surface area contributed by atoms with Crippen LogP contribution < -0.4 is 5.56 Å². The lowest BCUT2D eigenvalue weighted by Crippen LogP contribution is -2.36. The molecule has 0 saturated carbocycles. The molecule has 4 rings (SSSR count). The van der Waals surface area contributed by atoms with Crippen molar-refractivity contribution in [3.63, 3.8) is 0 Å². The van der Waals surface area contributed by atoms with Crippen molar-refractivity contribution in [3.8, 4) is 11.3 Å². The van der Waals surface area contributed by atoms with Crippen LogP contribution >= 0.6 is 11.8 Å². The minimum absolute atomic E-state index is 0.00651. The van der Waals surface area contributed by atoms with E-state index in [-0.39, 0.29) is 17.0 Å². The number of rotatable bonds is 4. The Bertz CT molecular complexity index is 1110. The highest BCUT2D eigenvalue weighted by atomic mass is 32.2. The zero-order valence-corrected chi connectivity index (χ0v) is 17.0. The molecule has 6 heteroatoms. The molecule has 0 N–H and O–H groups in total. The molecule has 3 aromatic rings. The average molecular weight is 381 g/mol. The van der Waals surface area contributed by atoms with E-state index in [1.54, 1.807) is 4.40 Å². The Morgan fingerprint density at radius 3 is 2.78 bits per heavy atom. The minimum Gasteiger partial charge on any atom is -0.268 e. The number of fused-ring (bicyclic) bond motifs is 4. The van der Waals surface area contributed by atoms with Crippen LogP contribution in [0.25, 0.3) is 17.0 Å². The largest absolute Gasteiger partial charge is 0.268 e. The number of thioether (sulfide) groups is 1. The van der Waals surface area contributed by atoms with Gasteiger partial charge in [-0.15, -0.1) is 11.7 Å². The molecule has 0 radical (unpaired) electrons. The van der Waals surface area contributed by atoms with Crippen molar-refractivity contribution in [1.29, 1.82) is 0 Å². The summed E-state index contributed by atoms with van der Waals surface area (Å²) in [6.07, 6.45) is 2.65. The number of hydrogen-bond acceptors (Lipinski definition) is 4. The summed E-state index contributed by atoms with van der Waals surface area (Å²) in [4.78, 5) is 18.6. The Kier molecular flexibility index (Phi) is 4.26. The first-order chi connectivity index (χ1) is 12.8. The van der Waals surface area contributed by atoms with Crippen molar-refractivity contribution < 1.29 is 0 Å². The van der Waals surface area contributed by atoms with E-state index in [1.165, 1.54) is 17.3 Å². The van der Waals surface area contributed by atoms with Crippen LogP contribution in [0, 0.1) is 0 Å². The Morgan fingerprint density at radius 2 is 2.07 bits per heavy atom. The summed E-state index contributed by atoms with van der Waals surface area (Å²) >= 11 is 1.51. The van der Waals surface area contributed by atoms with E-state index in [0.717, 1.165) is 23.2 Å². The van der Waals surface area contributed by atoms with Gasteiger partial charge in [-0.3, -0.25) is 4.79 Å². The number of aromatic nitrogens is 4. The van der Waals surface area contributed by atoms with Crippen LogP contribution in [-0.2, 0) is 11.8 Å². The highest BCUT2D eigenvalue weighted by Crippen LogP contribution is 2.40. The fourth-order valence-electron chi connectivity index (χ4n) is 3.87. The van der Waals surface area contributed by atoms with Gasteiger partial charge in [0.1, 0.15) is 0 Å². The molecule has 0 spiro atoms. The smallest absolute Gasteiger partial charge is 0.265 e. The number of benzene rings is 1. The molecule has 0 saturated heterocycles. The lowest BCUT2D eigenvalue weighted by Gasteiger charge is -2.32. The predicted molar refractivity (Wildman–Crippen MR) is 111 cm³/mol. The van der Waals surface area contributed by atoms with E-state index in [0.29, 0.717) is 16.7 Å². The standard InChI is InChI=1S/C21H24N4OS/c1-6-11-27-20-23-25(13(2)3)19-22-17-15-10-8-7-9-14(15)12-21(4,5)16(17)18(26)24(19)20/h6-10,13H,1,11-12H2,2-5H3. The summed E-state index contributed by atoms with van der Waals surface area (Å²) < 4.78 is 3.53. The lowest BCUT2D eigenvalue weighted by molar-refractivity contribution is 0.504. The zero-order valence-electron chi connectivity index (χ0n) is 16.2. The lowest BCUT2D eigenvalue weighted by atomic mass is 9.72. The third-order valence-corrected chi connectivity index (χ3v) is 5.98. The maximum atomic E-state index is 13.6. The van der Waals surface area contributed by atoms with E-state index < -0.39 is 0 Å². The molecule has 1 aliphatic rings. The summed E-state index contributed by atoms with van der Waals surface area (Å²) in [6, 6.07) is 8.36. The van der Waals surface area contributed by atoms with E-state index >= 15 is 0 Å². The summed E-state index contributed by atoms with van der Waals surface area (Å²) in [5.74, 6) is 1.30. The van der Waals surface area contributed by atoms with Crippen LogP contribution in [0.1, 0.15) is 44.9 Å². The number of nitrogens with zero attached hydrogens (tertiary/aromatic N) is 4. The topological polar surface area (TPSA) is 52.2 Å². The average Bonchev–Trinajstić information content (AvgIpc) is 2.98. The highest BCUT2D eigenvalue weighted by Gasteiger charge is 2.36. The van der Waals surface area contributed by atoms with Gasteiger partial charge in [-0.25, -0.2) is 14.1 Å². The second-order valence-corrected chi connectivity index (χ2v) is 8.90. The van der Waals surface area contributed by atoms with Crippen LogP contribution in [0.3, 0.4) is 0 Å². The Labute approximate surface area is 163 Å². The predicted octanol–water partition coefficient (Wildman–Crippen LogP) is 4.25. The number of hydrogen-bond donors (Lipinski definition) is 0. The molecule has 0 aliphatic heterocycles. The summed E-state index contributed by atoms with van der Waals surface area (Å²) in [7, 11) is 0. The molecule has 2 heterocycles. The first-order valence-electron chi connectivity index (χ1n) is 9.23. The summed E-state index contributed by atoms with van der Waals surface area (Å²) in [5.41, 5.74) is 3.59. The van der Waals surface area contributed by atoms with Crippen molar-refractivity contribution in [3.05, 3.63) is 58.4 Å². The van der Waals surface area contributed by atoms with Crippen molar-refractivity contribution in [1.82, 2.24) is 19.2 Å². The van der Waals surface area contributed by atoms with Gasteiger partial charge in [-0.1, -0.05) is 56.0 Å². The van der Waals surface area contributed by atoms with Crippen molar-refractivity contribution in [2.24, 2.45) is 0 Å². The first-order valence-corrected chi connectivity index (χ1v) is 10.2. The highest BCUT2D eigenvalue weighted by molar-refractivity contribution is 7.99. The molecule has 140 valence electrons. The molecule has 2 aromatic heterocycles. The SMILES string of the molecule is C=CCSc1nn(C(C)C)c2nc3c(c(=O)n12)C(C)(C)Cc1ccccc1-3. The molecule has 0 atom stereocenters. The molecule has 1 aromatic carbocycles. The fourth-order valence-corrected chi connectivity index (χ4v) is 4.57. The van der Waals surface area contributed by atoms with Crippen LogP contribution in [0.5, 0.6) is 0 Å². The van der Waals surface area contributed by atoms with E-state index in [2.05, 4.69) is 46.4 Å². The molecule has 1 aliphatic carbocycles. The maximum absolute atomic E-state index is 13.6. The summed E-state index contributed by atoms with van der Waals surface area (Å²) in [6.45, 7) is 12.1. The normalized spacial score (nSPS) is 15.0. The van der Waals surface area contributed by atoms with Crippen molar-refractivity contribution >= 4 is 17.5 Å². The minimum atomic E-state index is -0.282. The van der Waals surface area contributed by atoms with Crippen LogP contribution in [0.2, 0.25) is 0 Å². The second-order valence-electron chi connectivity index (χ2n) is 7.91. The molecule has 0 bridgehead atoms. The Morgan fingerprint density at radius 1 is 1.33 bits per heavy atom. The molecule has 0 fully saturated rings. The Hall–Kier alpha value is -2.34. The first kappa shape index (κ1) is 18.0. The van der Waals surface area contributed by atoms with Crippen molar-refractivity contribution in [2.75, 3.05) is 5.75 Å². The molecule has 27 heavy (non-hydrogen) atoms. The molecule has 5 nitrogen and oxygen atoms in total. The van der Waals surface area contributed by atoms with Gasteiger partial charge in [-0.05, 0) is 25.8 Å². The van der Waals surface area contributed by atoms with Gasteiger partial charge in [0.15, 0.2) is 5.16 Å². The summed E-state index contributed by atoms with van der Waals surface area (Å²) in [5, 5.41) is 5.37. The maximum Gasteiger partial charge on any atom is 0.265 e. The van der Waals surface area contributed by atoms with Gasteiger partial charge in [0.2, 0.25) is 5.78 Å². The van der Waals surface area contributed by atoms with E-state index in [9.17, 15) is 4.79 Å². The van der Waals surface area contributed by atoms with Crippen LogP contribution in [-0.4, -0.2) is 24.9 Å².